The fraction of sp³-hybridized carbons (Fsp3) is 0.379. The van der Waals surface area contributed by atoms with Gasteiger partial charge in [-0.3, -0.25) is 9.59 Å². The average molecular weight is 568 g/mol. The molecule has 12 heteroatoms. The first-order valence-corrected chi connectivity index (χ1v) is 13.5. The number of carbonyl (C=O) groups excluding carboxylic acids is 2. The number of aromatic nitrogens is 3. The highest BCUT2D eigenvalue weighted by molar-refractivity contribution is 5.95. The molecule has 3 aromatic rings. The minimum atomic E-state index is -4.87. The molecule has 2 aromatic heterocycles. The van der Waals surface area contributed by atoms with Crippen molar-refractivity contribution in [2.45, 2.75) is 50.2 Å². The molecule has 0 bridgehead atoms. The Hall–Kier alpha value is -4.35. The van der Waals surface area contributed by atoms with E-state index in [4.69, 9.17) is 5.10 Å². The van der Waals surface area contributed by atoms with Crippen molar-refractivity contribution in [3.63, 3.8) is 0 Å². The van der Waals surface area contributed by atoms with Gasteiger partial charge in [0, 0.05) is 44.2 Å². The third-order valence-corrected chi connectivity index (χ3v) is 8.34. The van der Waals surface area contributed by atoms with E-state index < -0.39 is 29.6 Å². The van der Waals surface area contributed by atoms with Crippen LogP contribution in [0.5, 0.6) is 11.5 Å². The van der Waals surface area contributed by atoms with Crippen LogP contribution in [0, 0.1) is 0 Å². The lowest BCUT2D eigenvalue weighted by Gasteiger charge is -2.37. The lowest BCUT2D eigenvalue weighted by Crippen LogP contribution is -2.45. The second-order valence-electron chi connectivity index (χ2n) is 10.7. The SMILES string of the molecule is C=CC(=O)N1CCc2nn(-c3ccc(C4CCC4)cc3O)c3c2[C@H](C1)N(C(=O)c1cnc(C(F)(F)F)c(O)c1)CC3. The maximum absolute atomic E-state index is 13.7. The summed E-state index contributed by atoms with van der Waals surface area (Å²) >= 11 is 0. The van der Waals surface area contributed by atoms with E-state index in [9.17, 15) is 33.0 Å². The quantitative estimate of drug-likeness (QED) is 0.456. The van der Waals surface area contributed by atoms with Crippen LogP contribution in [0.4, 0.5) is 13.2 Å². The number of phenolic OH excluding ortho intramolecular Hbond substituents is 1. The van der Waals surface area contributed by atoms with Gasteiger partial charge in [-0.2, -0.15) is 18.3 Å². The molecule has 2 N–H and O–H groups in total. The van der Waals surface area contributed by atoms with Crippen molar-refractivity contribution in [2.24, 2.45) is 0 Å². The Labute approximate surface area is 233 Å². The van der Waals surface area contributed by atoms with Crippen LogP contribution in [0.15, 0.2) is 43.1 Å². The van der Waals surface area contributed by atoms with Crippen molar-refractivity contribution in [3.05, 3.63) is 76.9 Å². The molecule has 9 nitrogen and oxygen atoms in total. The van der Waals surface area contributed by atoms with E-state index in [-0.39, 0.29) is 30.3 Å². The van der Waals surface area contributed by atoms with Crippen LogP contribution in [-0.2, 0) is 23.8 Å². The average Bonchev–Trinajstić information content (AvgIpc) is 3.15. The zero-order valence-corrected chi connectivity index (χ0v) is 22.1. The van der Waals surface area contributed by atoms with Gasteiger partial charge < -0.3 is 20.0 Å². The molecule has 1 atom stereocenters. The molecule has 0 radical (unpaired) electrons. The zero-order chi connectivity index (χ0) is 29.1. The highest BCUT2D eigenvalue weighted by Gasteiger charge is 2.41. The van der Waals surface area contributed by atoms with Crippen molar-refractivity contribution in [2.75, 3.05) is 19.6 Å². The highest BCUT2D eigenvalue weighted by atomic mass is 19.4. The normalized spacial score (nSPS) is 18.9. The van der Waals surface area contributed by atoms with Gasteiger partial charge in [-0.15, -0.1) is 0 Å². The lowest BCUT2D eigenvalue weighted by molar-refractivity contribution is -0.142. The minimum Gasteiger partial charge on any atom is -0.506 e. The van der Waals surface area contributed by atoms with Gasteiger partial charge in [-0.05, 0) is 48.6 Å². The second-order valence-corrected chi connectivity index (χ2v) is 10.7. The first-order chi connectivity index (χ1) is 19.6. The number of aromatic hydroxyl groups is 2. The van der Waals surface area contributed by atoms with Gasteiger partial charge in [0.15, 0.2) is 5.69 Å². The summed E-state index contributed by atoms with van der Waals surface area (Å²) in [6, 6.07) is 5.74. The predicted molar refractivity (Wildman–Crippen MR) is 141 cm³/mol. The predicted octanol–water partition coefficient (Wildman–Crippen LogP) is 4.28. The summed E-state index contributed by atoms with van der Waals surface area (Å²) in [6.45, 7) is 4.18. The Balaban J connectivity index is 1.40. The molecule has 1 fully saturated rings. The fourth-order valence-electron chi connectivity index (χ4n) is 6.04. The molecule has 2 amide bonds. The van der Waals surface area contributed by atoms with Crippen LogP contribution in [0.1, 0.15) is 69.8 Å². The number of phenols is 1. The summed E-state index contributed by atoms with van der Waals surface area (Å²) in [5, 5.41) is 25.8. The molecule has 2 aliphatic heterocycles. The van der Waals surface area contributed by atoms with E-state index in [1.54, 1.807) is 15.6 Å². The minimum absolute atomic E-state index is 0.105. The van der Waals surface area contributed by atoms with Gasteiger partial charge >= 0.3 is 6.18 Å². The highest BCUT2D eigenvalue weighted by Crippen LogP contribution is 2.42. The first kappa shape index (κ1) is 26.9. The molecular formula is C29H28F3N5O4. The number of nitrogens with zero attached hydrogens (tertiary/aromatic N) is 5. The number of carbonyl (C=O) groups is 2. The molecule has 1 aromatic carbocycles. The number of rotatable bonds is 4. The van der Waals surface area contributed by atoms with Crippen molar-refractivity contribution >= 4 is 11.8 Å². The Bertz CT molecular complexity index is 1560. The van der Waals surface area contributed by atoms with Crippen LogP contribution in [0.2, 0.25) is 0 Å². The number of benzene rings is 1. The van der Waals surface area contributed by atoms with E-state index >= 15 is 0 Å². The largest absolute Gasteiger partial charge is 0.506 e. The molecule has 0 saturated heterocycles. The maximum atomic E-state index is 13.7. The number of alkyl halides is 3. The first-order valence-electron chi connectivity index (χ1n) is 13.5. The van der Waals surface area contributed by atoms with Gasteiger partial charge in [0.1, 0.15) is 17.2 Å². The van der Waals surface area contributed by atoms with E-state index in [2.05, 4.69) is 11.6 Å². The van der Waals surface area contributed by atoms with Crippen LogP contribution in [0.3, 0.4) is 0 Å². The monoisotopic (exact) mass is 567 g/mol. The van der Waals surface area contributed by atoms with E-state index in [0.29, 0.717) is 36.7 Å². The van der Waals surface area contributed by atoms with Crippen molar-refractivity contribution < 1.29 is 33.0 Å². The molecule has 0 spiro atoms. The smallest absolute Gasteiger partial charge is 0.437 e. The Morgan fingerprint density at radius 1 is 1.07 bits per heavy atom. The Kier molecular flexibility index (Phi) is 6.50. The molecular weight excluding hydrogens is 539 g/mol. The van der Waals surface area contributed by atoms with Gasteiger partial charge in [-0.25, -0.2) is 9.67 Å². The van der Waals surface area contributed by atoms with Crippen molar-refractivity contribution in [1.29, 1.82) is 0 Å². The van der Waals surface area contributed by atoms with Crippen LogP contribution in [-0.4, -0.2) is 66.2 Å². The maximum Gasteiger partial charge on any atom is 0.437 e. The molecule has 6 rings (SSSR count). The summed E-state index contributed by atoms with van der Waals surface area (Å²) in [4.78, 5) is 32.6. The number of halogens is 3. The topological polar surface area (TPSA) is 112 Å². The van der Waals surface area contributed by atoms with Crippen molar-refractivity contribution in [3.8, 4) is 17.2 Å². The standard InChI is InChI=1S/C29H28F3N5O4/c1-2-25(40)35-10-8-19-26-21(37(34-19)20-7-6-17(12-23(20)38)16-4-3-5-16)9-11-36(22(26)15-35)28(41)18-13-24(39)27(33-14-18)29(30,31)32/h2,6-7,12-14,16,22,38-39H,1,3-5,8-11,15H2/t22-/m0/s1. The Morgan fingerprint density at radius 2 is 1.85 bits per heavy atom. The molecule has 3 aliphatic rings. The van der Waals surface area contributed by atoms with Crippen LogP contribution >= 0.6 is 0 Å². The summed E-state index contributed by atoms with van der Waals surface area (Å²) in [6.07, 6.45) is 1.24. The summed E-state index contributed by atoms with van der Waals surface area (Å²) in [7, 11) is 0. The lowest BCUT2D eigenvalue weighted by atomic mass is 9.80. The van der Waals surface area contributed by atoms with Gasteiger partial charge in [0.25, 0.3) is 5.91 Å². The van der Waals surface area contributed by atoms with Crippen molar-refractivity contribution in [1.82, 2.24) is 24.6 Å². The second kappa shape index (κ2) is 9.93. The van der Waals surface area contributed by atoms with Crippen LogP contribution < -0.4 is 0 Å². The summed E-state index contributed by atoms with van der Waals surface area (Å²) in [5.74, 6) is -1.54. The fourth-order valence-corrected chi connectivity index (χ4v) is 6.04. The number of hydrogen-bond donors (Lipinski definition) is 2. The van der Waals surface area contributed by atoms with E-state index in [1.165, 1.54) is 17.4 Å². The molecule has 41 heavy (non-hydrogen) atoms. The van der Waals surface area contributed by atoms with Crippen LogP contribution in [0.25, 0.3) is 5.69 Å². The molecule has 214 valence electrons. The van der Waals surface area contributed by atoms with E-state index in [0.717, 1.165) is 41.9 Å². The molecule has 0 unspecified atom stereocenters. The summed E-state index contributed by atoms with van der Waals surface area (Å²) < 4.78 is 41.1. The number of hydrogen-bond acceptors (Lipinski definition) is 6. The molecule has 4 heterocycles. The van der Waals surface area contributed by atoms with Gasteiger partial charge in [-0.1, -0.05) is 19.1 Å². The van der Waals surface area contributed by atoms with Gasteiger partial charge in [0.2, 0.25) is 5.91 Å². The number of pyridine rings is 1. The third-order valence-electron chi connectivity index (χ3n) is 8.34. The third kappa shape index (κ3) is 4.60. The zero-order valence-electron chi connectivity index (χ0n) is 22.1. The summed E-state index contributed by atoms with van der Waals surface area (Å²) in [5.41, 5.74) is 2.13. The number of amides is 2. The molecule has 1 saturated carbocycles. The van der Waals surface area contributed by atoms with Gasteiger partial charge in [0.05, 0.1) is 23.0 Å². The Morgan fingerprint density at radius 3 is 2.49 bits per heavy atom. The van der Waals surface area contributed by atoms with E-state index in [1.807, 2.05) is 12.1 Å². The molecule has 1 aliphatic carbocycles.